The van der Waals surface area contributed by atoms with Gasteiger partial charge in [0.2, 0.25) is 5.13 Å². The van der Waals surface area contributed by atoms with Crippen LogP contribution in [-0.2, 0) is 5.75 Å². The Labute approximate surface area is 109 Å². The molecule has 0 fully saturated rings. The van der Waals surface area contributed by atoms with Crippen LogP contribution < -0.4 is 5.73 Å². The Kier molecular flexibility index (Phi) is 2.99. The van der Waals surface area contributed by atoms with Gasteiger partial charge in [0.15, 0.2) is 15.9 Å². The SMILES string of the molecule is Nc1nnc(SCc2noc(-c3ccco3)n2)s1. The summed E-state index contributed by atoms with van der Waals surface area (Å²) in [7, 11) is 0. The van der Waals surface area contributed by atoms with Crippen LogP contribution in [0.4, 0.5) is 5.13 Å². The van der Waals surface area contributed by atoms with E-state index in [2.05, 4.69) is 20.3 Å². The highest BCUT2D eigenvalue weighted by Crippen LogP contribution is 2.26. The van der Waals surface area contributed by atoms with E-state index in [9.17, 15) is 0 Å². The number of aromatic nitrogens is 4. The van der Waals surface area contributed by atoms with Crippen molar-refractivity contribution in [1.82, 2.24) is 20.3 Å². The maximum absolute atomic E-state index is 5.49. The van der Waals surface area contributed by atoms with Gasteiger partial charge in [-0.25, -0.2) is 0 Å². The Hall–Kier alpha value is -1.87. The van der Waals surface area contributed by atoms with Crippen LogP contribution in [0.25, 0.3) is 11.7 Å². The van der Waals surface area contributed by atoms with E-state index < -0.39 is 0 Å². The van der Waals surface area contributed by atoms with Gasteiger partial charge in [0.05, 0.1) is 12.0 Å². The predicted molar refractivity (Wildman–Crippen MR) is 65.9 cm³/mol. The second-order valence-corrected chi connectivity index (χ2v) is 5.42. The largest absolute Gasteiger partial charge is 0.459 e. The Balaban J connectivity index is 1.67. The van der Waals surface area contributed by atoms with E-state index >= 15 is 0 Å². The minimum absolute atomic E-state index is 0.368. The maximum Gasteiger partial charge on any atom is 0.293 e. The number of rotatable bonds is 4. The lowest BCUT2D eigenvalue weighted by atomic mass is 10.4. The van der Waals surface area contributed by atoms with Gasteiger partial charge in [0.1, 0.15) is 0 Å². The summed E-state index contributed by atoms with van der Waals surface area (Å²) in [4.78, 5) is 4.21. The molecule has 0 spiro atoms. The molecule has 9 heteroatoms. The Morgan fingerprint density at radius 3 is 3.06 bits per heavy atom. The fraction of sp³-hybridized carbons (Fsp3) is 0.111. The zero-order valence-electron chi connectivity index (χ0n) is 8.94. The van der Waals surface area contributed by atoms with E-state index in [-0.39, 0.29) is 0 Å². The molecule has 0 aliphatic heterocycles. The molecule has 0 saturated heterocycles. The standard InChI is InChI=1S/C9H7N5O2S2/c10-8-12-13-9(18-8)17-4-6-11-7(16-14-6)5-2-1-3-15-5/h1-3H,4H2,(H2,10,12). The van der Waals surface area contributed by atoms with Crippen LogP contribution in [0.3, 0.4) is 0 Å². The molecule has 0 atom stereocenters. The first kappa shape index (κ1) is 11.2. The molecule has 0 radical (unpaired) electrons. The average molecular weight is 281 g/mol. The molecule has 0 aliphatic carbocycles. The highest BCUT2D eigenvalue weighted by Gasteiger charge is 2.12. The predicted octanol–water partition coefficient (Wildman–Crippen LogP) is 2.06. The summed E-state index contributed by atoms with van der Waals surface area (Å²) < 4.78 is 11.0. The number of nitrogen functional groups attached to an aromatic ring is 1. The molecule has 7 nitrogen and oxygen atoms in total. The first-order valence-electron chi connectivity index (χ1n) is 4.89. The maximum atomic E-state index is 5.49. The Morgan fingerprint density at radius 1 is 1.39 bits per heavy atom. The summed E-state index contributed by atoms with van der Waals surface area (Å²) in [6.45, 7) is 0. The molecule has 0 amide bonds. The number of nitrogens with zero attached hydrogens (tertiary/aromatic N) is 4. The van der Waals surface area contributed by atoms with E-state index in [1.54, 1.807) is 18.4 Å². The van der Waals surface area contributed by atoms with Gasteiger partial charge in [-0.3, -0.25) is 0 Å². The quantitative estimate of drug-likeness (QED) is 0.724. The fourth-order valence-corrected chi connectivity index (χ4v) is 2.70. The zero-order chi connectivity index (χ0) is 12.4. The zero-order valence-corrected chi connectivity index (χ0v) is 10.6. The Morgan fingerprint density at radius 2 is 2.33 bits per heavy atom. The molecule has 92 valence electrons. The third-order valence-electron chi connectivity index (χ3n) is 1.95. The third kappa shape index (κ3) is 2.36. The van der Waals surface area contributed by atoms with Crippen LogP contribution in [0.5, 0.6) is 0 Å². The van der Waals surface area contributed by atoms with Crippen LogP contribution in [0.2, 0.25) is 0 Å². The normalized spacial score (nSPS) is 10.9. The molecule has 3 aromatic rings. The first-order valence-corrected chi connectivity index (χ1v) is 6.70. The van der Waals surface area contributed by atoms with E-state index in [4.69, 9.17) is 14.7 Å². The van der Waals surface area contributed by atoms with Crippen LogP contribution in [0.15, 0.2) is 31.7 Å². The van der Waals surface area contributed by atoms with E-state index in [1.807, 2.05) is 0 Å². The molecule has 0 bridgehead atoms. The minimum Gasteiger partial charge on any atom is -0.459 e. The molecule has 3 aromatic heterocycles. The lowest BCUT2D eigenvalue weighted by Crippen LogP contribution is -1.83. The number of anilines is 1. The van der Waals surface area contributed by atoms with Crippen LogP contribution >= 0.6 is 23.1 Å². The van der Waals surface area contributed by atoms with E-state index in [0.29, 0.717) is 28.4 Å². The third-order valence-corrected chi connectivity index (χ3v) is 3.83. The number of hydrogen-bond donors (Lipinski definition) is 1. The van der Waals surface area contributed by atoms with Gasteiger partial charge >= 0.3 is 0 Å². The fourth-order valence-electron chi connectivity index (χ4n) is 1.22. The molecule has 0 saturated carbocycles. The number of furan rings is 1. The van der Waals surface area contributed by atoms with Crippen molar-refractivity contribution in [3.63, 3.8) is 0 Å². The molecule has 0 unspecified atom stereocenters. The lowest BCUT2D eigenvalue weighted by Gasteiger charge is -1.88. The summed E-state index contributed by atoms with van der Waals surface area (Å²) in [6, 6.07) is 3.52. The number of thioether (sulfide) groups is 1. The number of nitrogens with two attached hydrogens (primary N) is 1. The summed E-state index contributed by atoms with van der Waals surface area (Å²) >= 11 is 2.78. The lowest BCUT2D eigenvalue weighted by molar-refractivity contribution is 0.411. The molecular weight excluding hydrogens is 274 g/mol. The summed E-state index contributed by atoms with van der Waals surface area (Å²) in [5, 5.41) is 11.9. The van der Waals surface area contributed by atoms with Crippen molar-refractivity contribution in [3.05, 3.63) is 24.2 Å². The van der Waals surface area contributed by atoms with Crippen LogP contribution in [0, 0.1) is 0 Å². The van der Waals surface area contributed by atoms with Crippen molar-refractivity contribution in [1.29, 1.82) is 0 Å². The number of hydrogen-bond acceptors (Lipinski definition) is 9. The molecule has 3 rings (SSSR count). The second kappa shape index (κ2) is 4.78. The summed E-state index contributed by atoms with van der Waals surface area (Å²) in [6.07, 6.45) is 1.55. The highest BCUT2D eigenvalue weighted by molar-refractivity contribution is 8.00. The van der Waals surface area contributed by atoms with Crippen molar-refractivity contribution in [2.45, 2.75) is 10.1 Å². The topological polar surface area (TPSA) is 104 Å². The van der Waals surface area contributed by atoms with Gasteiger partial charge in [-0.05, 0) is 12.1 Å². The molecule has 0 aliphatic rings. The first-order chi connectivity index (χ1) is 8.81. The van der Waals surface area contributed by atoms with Crippen LogP contribution in [-0.4, -0.2) is 20.3 Å². The van der Waals surface area contributed by atoms with Crippen molar-refractivity contribution >= 4 is 28.2 Å². The monoisotopic (exact) mass is 281 g/mol. The molecule has 2 N–H and O–H groups in total. The van der Waals surface area contributed by atoms with Gasteiger partial charge in [-0.1, -0.05) is 28.3 Å². The minimum atomic E-state index is 0.368. The Bertz CT molecular complexity index is 633. The van der Waals surface area contributed by atoms with Gasteiger partial charge < -0.3 is 14.7 Å². The van der Waals surface area contributed by atoms with Crippen molar-refractivity contribution in [3.8, 4) is 11.7 Å². The van der Waals surface area contributed by atoms with E-state index in [0.717, 1.165) is 4.34 Å². The van der Waals surface area contributed by atoms with Crippen molar-refractivity contribution in [2.75, 3.05) is 5.73 Å². The molecule has 3 heterocycles. The van der Waals surface area contributed by atoms with Crippen molar-refractivity contribution in [2.24, 2.45) is 0 Å². The average Bonchev–Trinajstić information content (AvgIpc) is 3.07. The highest BCUT2D eigenvalue weighted by atomic mass is 32.2. The smallest absolute Gasteiger partial charge is 0.293 e. The van der Waals surface area contributed by atoms with Crippen LogP contribution in [0.1, 0.15) is 5.82 Å². The van der Waals surface area contributed by atoms with E-state index in [1.165, 1.54) is 23.1 Å². The van der Waals surface area contributed by atoms with Gasteiger partial charge in [0, 0.05) is 0 Å². The summed E-state index contributed by atoms with van der Waals surface area (Å²) in [5.41, 5.74) is 5.49. The molecule has 18 heavy (non-hydrogen) atoms. The molecule has 0 aromatic carbocycles. The van der Waals surface area contributed by atoms with Gasteiger partial charge in [0.25, 0.3) is 5.89 Å². The summed E-state index contributed by atoms with van der Waals surface area (Å²) in [5.74, 6) is 2.03. The second-order valence-electron chi connectivity index (χ2n) is 3.19. The van der Waals surface area contributed by atoms with Gasteiger partial charge in [-0.2, -0.15) is 4.98 Å². The molecular formula is C9H7N5O2S2. The van der Waals surface area contributed by atoms with Gasteiger partial charge in [-0.15, -0.1) is 10.2 Å². The van der Waals surface area contributed by atoms with Crippen molar-refractivity contribution < 1.29 is 8.94 Å².